The molecule has 1 aromatic heterocycles. The van der Waals surface area contributed by atoms with Crippen molar-refractivity contribution in [1.82, 2.24) is 10.5 Å². The van der Waals surface area contributed by atoms with Crippen molar-refractivity contribution in [2.75, 3.05) is 13.7 Å². The fourth-order valence-electron chi connectivity index (χ4n) is 2.12. The zero-order chi connectivity index (χ0) is 16.4. The van der Waals surface area contributed by atoms with Gasteiger partial charge in [-0.3, -0.25) is 9.83 Å². The van der Waals surface area contributed by atoms with Crippen molar-refractivity contribution >= 4 is 45.0 Å². The highest BCUT2D eigenvalue weighted by molar-refractivity contribution is 9.10. The predicted molar refractivity (Wildman–Crippen MR) is 93.3 cm³/mol. The molecule has 120 valence electrons. The first-order chi connectivity index (χ1) is 11.1. The van der Waals surface area contributed by atoms with Gasteiger partial charge in [-0.1, -0.05) is 29.3 Å². The van der Waals surface area contributed by atoms with Crippen LogP contribution in [-0.2, 0) is 4.84 Å². The molecular weight excluding hydrogens is 405 g/mol. The van der Waals surface area contributed by atoms with Gasteiger partial charge < -0.3 is 4.74 Å². The molecule has 1 aliphatic heterocycles. The van der Waals surface area contributed by atoms with Gasteiger partial charge in [0.2, 0.25) is 5.88 Å². The molecule has 0 saturated carbocycles. The number of hydrogen-bond acceptors (Lipinski definition) is 5. The van der Waals surface area contributed by atoms with E-state index in [0.29, 0.717) is 34.1 Å². The van der Waals surface area contributed by atoms with Crippen LogP contribution in [0, 0.1) is 0 Å². The van der Waals surface area contributed by atoms with Crippen LogP contribution in [0.25, 0.3) is 0 Å². The van der Waals surface area contributed by atoms with Gasteiger partial charge in [0.15, 0.2) is 5.84 Å². The van der Waals surface area contributed by atoms with Gasteiger partial charge in [0, 0.05) is 0 Å². The van der Waals surface area contributed by atoms with Crippen molar-refractivity contribution in [2.24, 2.45) is 4.99 Å². The smallest absolute Gasteiger partial charge is 0.228 e. The van der Waals surface area contributed by atoms with Crippen molar-refractivity contribution in [3.05, 3.63) is 56.1 Å². The van der Waals surface area contributed by atoms with Gasteiger partial charge in [0.05, 0.1) is 21.6 Å². The second-order valence-electron chi connectivity index (χ2n) is 4.77. The molecule has 0 aliphatic carbocycles. The average Bonchev–Trinajstić information content (AvgIpc) is 2.58. The molecular formula is C15H12BrCl2N3O2. The summed E-state index contributed by atoms with van der Waals surface area (Å²) in [5.41, 5.74) is 4.33. The summed E-state index contributed by atoms with van der Waals surface area (Å²) in [4.78, 5) is 14.5. The first kappa shape index (κ1) is 16.5. The summed E-state index contributed by atoms with van der Waals surface area (Å²) in [7, 11) is 1.56. The SMILES string of the molecule is COc1nc(C2=NC(c3ccc(Cl)c(Cl)c3)CON2)ccc1Br. The molecule has 23 heavy (non-hydrogen) atoms. The molecule has 0 amide bonds. The lowest BCUT2D eigenvalue weighted by Crippen LogP contribution is -2.33. The van der Waals surface area contributed by atoms with Gasteiger partial charge in [-0.05, 0) is 45.8 Å². The third-order valence-electron chi connectivity index (χ3n) is 3.27. The maximum atomic E-state index is 6.07. The van der Waals surface area contributed by atoms with Crippen LogP contribution >= 0.6 is 39.1 Å². The van der Waals surface area contributed by atoms with E-state index in [9.17, 15) is 0 Å². The number of rotatable bonds is 3. The molecule has 0 spiro atoms. The minimum Gasteiger partial charge on any atom is -0.480 e. The lowest BCUT2D eigenvalue weighted by Gasteiger charge is -2.22. The van der Waals surface area contributed by atoms with Crippen molar-refractivity contribution < 1.29 is 9.57 Å². The zero-order valence-electron chi connectivity index (χ0n) is 12.0. The van der Waals surface area contributed by atoms with Gasteiger partial charge in [-0.15, -0.1) is 0 Å². The van der Waals surface area contributed by atoms with E-state index in [0.717, 1.165) is 10.0 Å². The predicted octanol–water partition coefficient (Wildman–Crippen LogP) is 4.18. The average molecular weight is 417 g/mol. The quantitative estimate of drug-likeness (QED) is 0.815. The fourth-order valence-corrected chi connectivity index (χ4v) is 2.80. The van der Waals surface area contributed by atoms with E-state index >= 15 is 0 Å². The molecule has 5 nitrogen and oxygen atoms in total. The van der Waals surface area contributed by atoms with E-state index < -0.39 is 0 Å². The van der Waals surface area contributed by atoms with Gasteiger partial charge in [-0.25, -0.2) is 10.5 Å². The summed E-state index contributed by atoms with van der Waals surface area (Å²) in [6, 6.07) is 8.88. The highest BCUT2D eigenvalue weighted by atomic mass is 79.9. The van der Waals surface area contributed by atoms with Crippen LogP contribution in [0.5, 0.6) is 5.88 Å². The summed E-state index contributed by atoms with van der Waals surface area (Å²) in [6.07, 6.45) is 0. The molecule has 1 aromatic carbocycles. The van der Waals surface area contributed by atoms with E-state index in [1.54, 1.807) is 19.2 Å². The Balaban J connectivity index is 1.94. The number of aliphatic imine (C=N–C) groups is 1. The van der Waals surface area contributed by atoms with E-state index in [2.05, 4.69) is 31.4 Å². The number of pyridine rings is 1. The second-order valence-corrected chi connectivity index (χ2v) is 6.44. The topological polar surface area (TPSA) is 55.7 Å². The molecule has 0 bridgehead atoms. The molecule has 1 atom stereocenters. The third-order valence-corrected chi connectivity index (χ3v) is 4.62. The monoisotopic (exact) mass is 415 g/mol. The molecule has 0 saturated heterocycles. The number of nitrogens with zero attached hydrogens (tertiary/aromatic N) is 2. The highest BCUT2D eigenvalue weighted by Gasteiger charge is 2.20. The first-order valence-corrected chi connectivity index (χ1v) is 8.25. The van der Waals surface area contributed by atoms with Crippen LogP contribution in [0.1, 0.15) is 17.3 Å². The highest BCUT2D eigenvalue weighted by Crippen LogP contribution is 2.29. The number of amidine groups is 1. The summed E-state index contributed by atoms with van der Waals surface area (Å²) in [5.74, 6) is 1.00. The Hall–Kier alpha value is -1.34. The number of hydrogen-bond donors (Lipinski definition) is 1. The maximum Gasteiger partial charge on any atom is 0.228 e. The molecule has 1 N–H and O–H groups in total. The van der Waals surface area contributed by atoms with Crippen LogP contribution in [0.3, 0.4) is 0 Å². The molecule has 1 unspecified atom stereocenters. The minimum atomic E-state index is -0.197. The number of aromatic nitrogens is 1. The summed E-state index contributed by atoms with van der Waals surface area (Å²) < 4.78 is 5.97. The molecule has 3 rings (SSSR count). The Kier molecular flexibility index (Phi) is 5.06. The second kappa shape index (κ2) is 7.05. The molecule has 8 heteroatoms. The minimum absolute atomic E-state index is 0.197. The third kappa shape index (κ3) is 3.61. The zero-order valence-corrected chi connectivity index (χ0v) is 15.1. The number of hydroxylamine groups is 1. The first-order valence-electron chi connectivity index (χ1n) is 6.70. The maximum absolute atomic E-state index is 6.07. The Morgan fingerprint density at radius 2 is 2.09 bits per heavy atom. The molecule has 2 aromatic rings. The number of benzene rings is 1. The number of ether oxygens (including phenoxy) is 1. The van der Waals surface area contributed by atoms with Crippen molar-refractivity contribution in [3.63, 3.8) is 0 Å². The van der Waals surface area contributed by atoms with Gasteiger partial charge in [-0.2, -0.15) is 0 Å². The fraction of sp³-hybridized carbons (Fsp3) is 0.200. The van der Waals surface area contributed by atoms with Crippen LogP contribution in [0.4, 0.5) is 0 Å². The van der Waals surface area contributed by atoms with Crippen molar-refractivity contribution in [1.29, 1.82) is 0 Å². The largest absolute Gasteiger partial charge is 0.480 e. The van der Waals surface area contributed by atoms with Crippen LogP contribution in [-0.4, -0.2) is 24.5 Å². The Morgan fingerprint density at radius 1 is 1.26 bits per heavy atom. The van der Waals surface area contributed by atoms with Crippen molar-refractivity contribution in [2.45, 2.75) is 6.04 Å². The van der Waals surface area contributed by atoms with Gasteiger partial charge in [0.1, 0.15) is 18.3 Å². The standard InChI is InChI=1S/C15H12BrCl2N3O2/c1-22-15-9(16)3-5-12(20-15)14-19-13(7-23-21-14)8-2-4-10(17)11(18)6-8/h2-6,13H,7H2,1H3,(H,19,21). The molecule has 0 fully saturated rings. The Morgan fingerprint density at radius 3 is 2.83 bits per heavy atom. The normalized spacial score (nSPS) is 17.4. The number of halogens is 3. The Bertz CT molecular complexity index is 770. The lowest BCUT2D eigenvalue weighted by molar-refractivity contribution is 0.0620. The molecule has 1 aliphatic rings. The molecule has 2 heterocycles. The summed E-state index contributed by atoms with van der Waals surface area (Å²) in [5, 5.41) is 0.997. The van der Waals surface area contributed by atoms with E-state index in [-0.39, 0.29) is 6.04 Å². The summed E-state index contributed by atoms with van der Waals surface area (Å²) >= 11 is 15.4. The summed E-state index contributed by atoms with van der Waals surface area (Å²) in [6.45, 7) is 0.384. The van der Waals surface area contributed by atoms with Crippen molar-refractivity contribution in [3.8, 4) is 5.88 Å². The lowest BCUT2D eigenvalue weighted by atomic mass is 10.1. The Labute approximate surface area is 151 Å². The number of methoxy groups -OCH3 is 1. The van der Waals surface area contributed by atoms with Gasteiger partial charge >= 0.3 is 0 Å². The van der Waals surface area contributed by atoms with E-state index in [1.165, 1.54) is 0 Å². The van der Waals surface area contributed by atoms with Gasteiger partial charge in [0.25, 0.3) is 0 Å². The van der Waals surface area contributed by atoms with Crippen LogP contribution < -0.4 is 10.2 Å². The van der Waals surface area contributed by atoms with Crippen LogP contribution in [0.2, 0.25) is 10.0 Å². The van der Waals surface area contributed by atoms with E-state index in [4.69, 9.17) is 32.8 Å². The number of nitrogens with one attached hydrogen (secondary N) is 1. The van der Waals surface area contributed by atoms with E-state index in [1.807, 2.05) is 18.2 Å². The van der Waals surface area contributed by atoms with Crippen LogP contribution in [0.15, 0.2) is 39.8 Å². The molecule has 0 radical (unpaired) electrons.